The molecule has 0 unspecified atom stereocenters. The van der Waals surface area contributed by atoms with E-state index in [1.165, 1.54) is 5.56 Å². The van der Waals surface area contributed by atoms with E-state index in [0.717, 1.165) is 21.9 Å². The van der Waals surface area contributed by atoms with Crippen LogP contribution >= 0.6 is 0 Å². The van der Waals surface area contributed by atoms with E-state index < -0.39 is 0 Å². The van der Waals surface area contributed by atoms with Gasteiger partial charge in [-0.05, 0) is 11.6 Å². The molecule has 0 bridgehead atoms. The van der Waals surface area contributed by atoms with Gasteiger partial charge >= 0.3 is 0 Å². The second kappa shape index (κ2) is 4.90. The molecule has 4 nitrogen and oxygen atoms in total. The zero-order valence-corrected chi connectivity index (χ0v) is 11.3. The number of benzene rings is 2. The Balaban J connectivity index is 1.82. The van der Waals surface area contributed by atoms with Gasteiger partial charge in [-0.15, -0.1) is 10.2 Å². The van der Waals surface area contributed by atoms with Crippen molar-refractivity contribution in [2.24, 2.45) is 0 Å². The fourth-order valence-corrected chi connectivity index (χ4v) is 2.43. The van der Waals surface area contributed by atoms with E-state index in [2.05, 4.69) is 32.3 Å². The minimum absolute atomic E-state index is 0.677. The van der Waals surface area contributed by atoms with Crippen LogP contribution in [-0.2, 0) is 6.42 Å². The van der Waals surface area contributed by atoms with Crippen molar-refractivity contribution in [3.63, 3.8) is 0 Å². The zero-order valence-electron chi connectivity index (χ0n) is 11.3. The normalized spacial score (nSPS) is 11.0. The highest BCUT2D eigenvalue weighted by molar-refractivity contribution is 6.00. The molecule has 2 aromatic heterocycles. The van der Waals surface area contributed by atoms with Gasteiger partial charge in [-0.1, -0.05) is 48.5 Å². The van der Waals surface area contributed by atoms with Crippen LogP contribution in [0.4, 0.5) is 0 Å². The SMILES string of the molecule is c1ccc(Cc2nnc3c(cnc4ccccc43)n2)cc1. The maximum atomic E-state index is 4.58. The summed E-state index contributed by atoms with van der Waals surface area (Å²) < 4.78 is 0. The summed E-state index contributed by atoms with van der Waals surface area (Å²) in [4.78, 5) is 9.01. The molecule has 0 N–H and O–H groups in total. The lowest BCUT2D eigenvalue weighted by Gasteiger charge is -2.03. The van der Waals surface area contributed by atoms with Crippen molar-refractivity contribution in [2.75, 3.05) is 0 Å². The van der Waals surface area contributed by atoms with Crippen molar-refractivity contribution in [3.8, 4) is 0 Å². The van der Waals surface area contributed by atoms with E-state index in [1.807, 2.05) is 42.5 Å². The van der Waals surface area contributed by atoms with Gasteiger partial charge in [-0.3, -0.25) is 4.98 Å². The van der Waals surface area contributed by atoms with Gasteiger partial charge in [0.1, 0.15) is 11.0 Å². The van der Waals surface area contributed by atoms with Gasteiger partial charge < -0.3 is 0 Å². The molecule has 0 aliphatic heterocycles. The summed E-state index contributed by atoms with van der Waals surface area (Å²) in [5.41, 5.74) is 3.68. The summed E-state index contributed by atoms with van der Waals surface area (Å²) in [6.45, 7) is 0. The molecule has 100 valence electrons. The summed E-state index contributed by atoms with van der Waals surface area (Å²) >= 11 is 0. The molecule has 0 atom stereocenters. The first kappa shape index (κ1) is 11.9. The van der Waals surface area contributed by atoms with Gasteiger partial charge in [0.2, 0.25) is 0 Å². The van der Waals surface area contributed by atoms with Crippen molar-refractivity contribution in [1.82, 2.24) is 20.2 Å². The molecule has 0 aliphatic rings. The Morgan fingerprint density at radius 1 is 0.762 bits per heavy atom. The number of aromatic nitrogens is 4. The van der Waals surface area contributed by atoms with Crippen molar-refractivity contribution in [2.45, 2.75) is 6.42 Å². The first-order valence-corrected chi connectivity index (χ1v) is 6.81. The lowest BCUT2D eigenvalue weighted by atomic mass is 10.1. The fourth-order valence-electron chi connectivity index (χ4n) is 2.43. The number of para-hydroxylation sites is 1. The number of fused-ring (bicyclic) bond motifs is 3. The molecule has 0 amide bonds. The highest BCUT2D eigenvalue weighted by atomic mass is 15.2. The summed E-state index contributed by atoms with van der Waals surface area (Å²) in [6, 6.07) is 18.1. The lowest BCUT2D eigenvalue weighted by Crippen LogP contribution is -2.00. The maximum absolute atomic E-state index is 4.58. The number of hydrogen-bond acceptors (Lipinski definition) is 4. The van der Waals surface area contributed by atoms with E-state index in [0.29, 0.717) is 12.2 Å². The zero-order chi connectivity index (χ0) is 14.1. The second-order valence-electron chi connectivity index (χ2n) is 4.90. The number of rotatable bonds is 2. The van der Waals surface area contributed by atoms with E-state index in [4.69, 9.17) is 0 Å². The lowest BCUT2D eigenvalue weighted by molar-refractivity contribution is 0.900. The van der Waals surface area contributed by atoms with Crippen LogP contribution in [0.3, 0.4) is 0 Å². The van der Waals surface area contributed by atoms with Gasteiger partial charge in [-0.25, -0.2) is 4.98 Å². The number of nitrogens with zero attached hydrogens (tertiary/aromatic N) is 4. The van der Waals surface area contributed by atoms with Crippen molar-refractivity contribution < 1.29 is 0 Å². The quantitative estimate of drug-likeness (QED) is 0.526. The topological polar surface area (TPSA) is 51.6 Å². The number of pyridine rings is 1. The van der Waals surface area contributed by atoms with Crippen molar-refractivity contribution in [3.05, 3.63) is 72.2 Å². The van der Waals surface area contributed by atoms with E-state index in [9.17, 15) is 0 Å². The molecule has 4 rings (SSSR count). The maximum Gasteiger partial charge on any atom is 0.156 e. The molecular formula is C17H12N4. The standard InChI is InChI=1S/C17H12N4/c1-2-6-12(7-3-1)10-16-19-15-11-18-14-9-5-4-8-13(14)17(15)21-20-16/h1-9,11H,10H2. The van der Waals surface area contributed by atoms with Gasteiger partial charge in [0.25, 0.3) is 0 Å². The third kappa shape index (κ3) is 2.21. The Bertz CT molecular complexity index is 919. The average Bonchev–Trinajstić information content (AvgIpc) is 2.55. The monoisotopic (exact) mass is 272 g/mol. The van der Waals surface area contributed by atoms with Crippen molar-refractivity contribution in [1.29, 1.82) is 0 Å². The highest BCUT2D eigenvalue weighted by Gasteiger charge is 2.07. The van der Waals surface area contributed by atoms with Gasteiger partial charge in [0.05, 0.1) is 11.7 Å². The van der Waals surface area contributed by atoms with Crippen LogP contribution in [0.1, 0.15) is 11.4 Å². The predicted molar refractivity (Wildman–Crippen MR) is 81.9 cm³/mol. The molecule has 4 heteroatoms. The van der Waals surface area contributed by atoms with Crippen LogP contribution in [-0.4, -0.2) is 20.2 Å². The van der Waals surface area contributed by atoms with Gasteiger partial charge in [0, 0.05) is 11.8 Å². The van der Waals surface area contributed by atoms with E-state index >= 15 is 0 Å². The molecule has 2 heterocycles. The molecule has 0 spiro atoms. The largest absolute Gasteiger partial charge is 0.254 e. The Hall–Kier alpha value is -2.88. The average molecular weight is 272 g/mol. The second-order valence-corrected chi connectivity index (χ2v) is 4.90. The van der Waals surface area contributed by atoms with Crippen LogP contribution in [0.25, 0.3) is 21.9 Å². The number of hydrogen-bond donors (Lipinski definition) is 0. The summed E-state index contributed by atoms with van der Waals surface area (Å²) in [6.07, 6.45) is 2.44. The van der Waals surface area contributed by atoms with E-state index in [-0.39, 0.29) is 0 Å². The third-order valence-electron chi connectivity index (χ3n) is 3.45. The van der Waals surface area contributed by atoms with Crippen LogP contribution in [0.5, 0.6) is 0 Å². The smallest absolute Gasteiger partial charge is 0.156 e. The Morgan fingerprint density at radius 3 is 2.48 bits per heavy atom. The van der Waals surface area contributed by atoms with Gasteiger partial charge in [-0.2, -0.15) is 0 Å². The molecule has 0 radical (unpaired) electrons. The first-order valence-electron chi connectivity index (χ1n) is 6.81. The molecule has 0 fully saturated rings. The van der Waals surface area contributed by atoms with Crippen LogP contribution in [0, 0.1) is 0 Å². The van der Waals surface area contributed by atoms with Gasteiger partial charge in [0.15, 0.2) is 5.82 Å². The van der Waals surface area contributed by atoms with E-state index in [1.54, 1.807) is 6.20 Å². The predicted octanol–water partition coefficient (Wildman–Crippen LogP) is 3.16. The Kier molecular flexibility index (Phi) is 2.78. The first-order chi connectivity index (χ1) is 10.4. The highest BCUT2D eigenvalue weighted by Crippen LogP contribution is 2.19. The van der Waals surface area contributed by atoms with Crippen LogP contribution in [0.2, 0.25) is 0 Å². The van der Waals surface area contributed by atoms with Crippen molar-refractivity contribution >= 4 is 21.9 Å². The third-order valence-corrected chi connectivity index (χ3v) is 3.45. The molecule has 21 heavy (non-hydrogen) atoms. The summed E-state index contributed by atoms with van der Waals surface area (Å²) in [7, 11) is 0. The molecule has 0 aliphatic carbocycles. The summed E-state index contributed by atoms with van der Waals surface area (Å²) in [5.74, 6) is 0.714. The minimum atomic E-state index is 0.677. The minimum Gasteiger partial charge on any atom is -0.254 e. The molecule has 4 aromatic rings. The Morgan fingerprint density at radius 2 is 1.57 bits per heavy atom. The molecule has 2 aromatic carbocycles. The van der Waals surface area contributed by atoms with Crippen LogP contribution < -0.4 is 0 Å². The molecule has 0 saturated heterocycles. The molecular weight excluding hydrogens is 260 g/mol. The molecule has 0 saturated carbocycles. The van der Waals surface area contributed by atoms with Crippen LogP contribution in [0.15, 0.2) is 60.8 Å². The summed E-state index contributed by atoms with van der Waals surface area (Å²) in [5, 5.41) is 9.60. The fraction of sp³-hybridized carbons (Fsp3) is 0.0588. The Labute approximate surface area is 121 Å².